The van der Waals surface area contributed by atoms with Crippen LogP contribution in [0.5, 0.6) is 0 Å². The Hall–Kier alpha value is -1.17. The van der Waals surface area contributed by atoms with E-state index < -0.39 is 0 Å². The zero-order valence-corrected chi connectivity index (χ0v) is 9.23. The number of fused-ring (bicyclic) bond motifs is 1. The second kappa shape index (κ2) is 4.14. The van der Waals surface area contributed by atoms with E-state index >= 15 is 0 Å². The number of hydrogen-bond acceptors (Lipinski definition) is 4. The van der Waals surface area contributed by atoms with Crippen LogP contribution in [0.1, 0.15) is 0 Å². The summed E-state index contributed by atoms with van der Waals surface area (Å²) in [5, 5.41) is 3.80. The molecule has 0 atom stereocenters. The molecule has 2 aromatic rings. The van der Waals surface area contributed by atoms with E-state index in [-0.39, 0.29) is 12.5 Å². The van der Waals surface area contributed by atoms with Crippen molar-refractivity contribution in [1.82, 2.24) is 4.98 Å². The quantitative estimate of drug-likeness (QED) is 0.843. The Balaban J connectivity index is 2.34. The van der Waals surface area contributed by atoms with E-state index in [4.69, 9.17) is 17.3 Å². The molecule has 0 aliphatic carbocycles. The Morgan fingerprint density at radius 1 is 1.60 bits per heavy atom. The van der Waals surface area contributed by atoms with Crippen molar-refractivity contribution in [2.75, 3.05) is 11.9 Å². The van der Waals surface area contributed by atoms with Gasteiger partial charge >= 0.3 is 0 Å². The Morgan fingerprint density at radius 3 is 3.13 bits per heavy atom. The lowest BCUT2D eigenvalue weighted by atomic mass is 10.3. The number of hydrogen-bond donors (Lipinski definition) is 2. The van der Waals surface area contributed by atoms with Crippen molar-refractivity contribution in [2.24, 2.45) is 5.73 Å². The van der Waals surface area contributed by atoms with Crippen LogP contribution in [-0.2, 0) is 4.79 Å². The fourth-order valence-electron chi connectivity index (χ4n) is 1.12. The van der Waals surface area contributed by atoms with Crippen molar-refractivity contribution < 1.29 is 4.79 Å². The number of nitrogens with two attached hydrogens (primary N) is 1. The van der Waals surface area contributed by atoms with Crippen molar-refractivity contribution in [3.63, 3.8) is 0 Å². The topological polar surface area (TPSA) is 68.0 Å². The van der Waals surface area contributed by atoms with Crippen LogP contribution in [0.3, 0.4) is 0 Å². The lowest BCUT2D eigenvalue weighted by Crippen LogP contribution is -2.21. The summed E-state index contributed by atoms with van der Waals surface area (Å²) in [6, 6.07) is 5.39. The molecule has 1 aromatic heterocycles. The van der Waals surface area contributed by atoms with Gasteiger partial charge in [-0.3, -0.25) is 4.79 Å². The molecule has 78 valence electrons. The van der Waals surface area contributed by atoms with Crippen molar-refractivity contribution in [2.45, 2.75) is 0 Å². The molecule has 0 unspecified atom stereocenters. The Labute approximate surface area is 95.1 Å². The van der Waals surface area contributed by atoms with Crippen LogP contribution in [-0.4, -0.2) is 17.4 Å². The number of aromatic nitrogens is 1. The average Bonchev–Trinajstić information content (AvgIpc) is 2.59. The van der Waals surface area contributed by atoms with E-state index in [9.17, 15) is 4.79 Å². The third-order valence-electron chi connectivity index (χ3n) is 1.78. The SMILES string of the molecule is NCC(=O)Nc1nc2ccc(Cl)cc2s1. The molecule has 1 aromatic carbocycles. The maximum atomic E-state index is 11.0. The number of amides is 1. The van der Waals surface area contributed by atoms with Crippen molar-refractivity contribution >= 4 is 44.2 Å². The first-order chi connectivity index (χ1) is 7.19. The summed E-state index contributed by atoms with van der Waals surface area (Å²) in [6.45, 7) is -0.0450. The Bertz CT molecular complexity index is 511. The highest BCUT2D eigenvalue weighted by molar-refractivity contribution is 7.22. The zero-order valence-electron chi connectivity index (χ0n) is 7.66. The number of rotatable bonds is 2. The number of carbonyl (C=O) groups excluding carboxylic acids is 1. The maximum Gasteiger partial charge on any atom is 0.239 e. The van der Waals surface area contributed by atoms with E-state index in [1.807, 2.05) is 12.1 Å². The van der Waals surface area contributed by atoms with Crippen LogP contribution in [0, 0.1) is 0 Å². The van der Waals surface area contributed by atoms with Gasteiger partial charge in [-0.05, 0) is 18.2 Å². The second-order valence-electron chi connectivity index (χ2n) is 2.88. The number of carbonyl (C=O) groups is 1. The van der Waals surface area contributed by atoms with Crippen LogP contribution in [0.25, 0.3) is 10.2 Å². The molecule has 1 heterocycles. The van der Waals surface area contributed by atoms with Gasteiger partial charge in [0, 0.05) is 5.02 Å². The second-order valence-corrected chi connectivity index (χ2v) is 4.35. The van der Waals surface area contributed by atoms with Gasteiger partial charge in [-0.15, -0.1) is 0 Å². The first-order valence-electron chi connectivity index (χ1n) is 4.25. The van der Waals surface area contributed by atoms with E-state index in [1.165, 1.54) is 11.3 Å². The first-order valence-corrected chi connectivity index (χ1v) is 5.44. The predicted octanol–water partition coefficient (Wildman–Crippen LogP) is 1.85. The number of halogens is 1. The number of nitrogens with one attached hydrogen (secondary N) is 1. The Morgan fingerprint density at radius 2 is 2.40 bits per heavy atom. The smallest absolute Gasteiger partial charge is 0.239 e. The molecule has 0 aliphatic heterocycles. The van der Waals surface area contributed by atoms with Gasteiger partial charge in [-0.25, -0.2) is 4.98 Å². The zero-order chi connectivity index (χ0) is 10.8. The van der Waals surface area contributed by atoms with Crippen molar-refractivity contribution in [1.29, 1.82) is 0 Å². The third kappa shape index (κ3) is 2.26. The minimum atomic E-state index is -0.250. The molecule has 4 nitrogen and oxygen atoms in total. The molecule has 0 aliphatic rings. The molecule has 6 heteroatoms. The van der Waals surface area contributed by atoms with Crippen molar-refractivity contribution in [3.8, 4) is 0 Å². The fraction of sp³-hybridized carbons (Fsp3) is 0.111. The lowest BCUT2D eigenvalue weighted by Gasteiger charge is -1.95. The number of benzene rings is 1. The minimum absolute atomic E-state index is 0.0450. The summed E-state index contributed by atoms with van der Waals surface area (Å²) in [6.07, 6.45) is 0. The van der Waals surface area contributed by atoms with E-state index in [1.54, 1.807) is 6.07 Å². The van der Waals surface area contributed by atoms with Crippen LogP contribution < -0.4 is 11.1 Å². The molecule has 0 spiro atoms. The largest absolute Gasteiger partial charge is 0.322 e. The predicted molar refractivity (Wildman–Crippen MR) is 62.3 cm³/mol. The van der Waals surface area contributed by atoms with Gasteiger partial charge in [0.15, 0.2) is 5.13 Å². The van der Waals surface area contributed by atoms with Gasteiger partial charge in [-0.1, -0.05) is 22.9 Å². The van der Waals surface area contributed by atoms with Gasteiger partial charge < -0.3 is 11.1 Å². The molecule has 0 saturated heterocycles. The Kier molecular flexibility index (Phi) is 2.86. The summed E-state index contributed by atoms with van der Waals surface area (Å²) in [7, 11) is 0. The molecular formula is C9H8ClN3OS. The van der Waals surface area contributed by atoms with E-state index in [0.29, 0.717) is 10.2 Å². The number of anilines is 1. The third-order valence-corrected chi connectivity index (χ3v) is 2.95. The summed E-state index contributed by atoms with van der Waals surface area (Å²) < 4.78 is 0.940. The molecule has 0 saturated carbocycles. The van der Waals surface area contributed by atoms with Crippen LogP contribution in [0.2, 0.25) is 5.02 Å². The number of nitrogens with zero attached hydrogens (tertiary/aromatic N) is 1. The van der Waals surface area contributed by atoms with Crippen LogP contribution >= 0.6 is 22.9 Å². The molecule has 0 fully saturated rings. The molecule has 0 bridgehead atoms. The highest BCUT2D eigenvalue weighted by atomic mass is 35.5. The normalized spacial score (nSPS) is 10.5. The van der Waals surface area contributed by atoms with Gasteiger partial charge in [0.1, 0.15) is 0 Å². The van der Waals surface area contributed by atoms with Crippen LogP contribution in [0.15, 0.2) is 18.2 Å². The summed E-state index contributed by atoms with van der Waals surface area (Å²) in [5.41, 5.74) is 6.00. The van der Waals surface area contributed by atoms with Gasteiger partial charge in [0.05, 0.1) is 16.8 Å². The molecule has 1 amide bonds. The standard InChI is InChI=1S/C9H8ClN3OS/c10-5-1-2-6-7(3-5)15-9(12-6)13-8(14)4-11/h1-3H,4,11H2,(H,12,13,14). The monoisotopic (exact) mass is 241 g/mol. The molecule has 2 rings (SSSR count). The van der Waals surface area contributed by atoms with Crippen molar-refractivity contribution in [3.05, 3.63) is 23.2 Å². The van der Waals surface area contributed by atoms with Gasteiger partial charge in [0.2, 0.25) is 5.91 Å². The average molecular weight is 242 g/mol. The van der Waals surface area contributed by atoms with Gasteiger partial charge in [-0.2, -0.15) is 0 Å². The summed E-state index contributed by atoms with van der Waals surface area (Å²) in [5.74, 6) is -0.250. The number of thiazole rings is 1. The maximum absolute atomic E-state index is 11.0. The summed E-state index contributed by atoms with van der Waals surface area (Å²) in [4.78, 5) is 15.2. The highest BCUT2D eigenvalue weighted by Crippen LogP contribution is 2.27. The van der Waals surface area contributed by atoms with Gasteiger partial charge in [0.25, 0.3) is 0 Å². The fourth-order valence-corrected chi connectivity index (χ4v) is 2.28. The van der Waals surface area contributed by atoms with E-state index in [0.717, 1.165) is 10.2 Å². The highest BCUT2D eigenvalue weighted by Gasteiger charge is 2.06. The lowest BCUT2D eigenvalue weighted by molar-refractivity contribution is -0.114. The first kappa shape index (κ1) is 10.4. The molecular weight excluding hydrogens is 234 g/mol. The minimum Gasteiger partial charge on any atom is -0.322 e. The molecule has 3 N–H and O–H groups in total. The van der Waals surface area contributed by atoms with Crippen LogP contribution in [0.4, 0.5) is 5.13 Å². The molecule has 0 radical (unpaired) electrons. The molecule has 15 heavy (non-hydrogen) atoms. The van der Waals surface area contributed by atoms with E-state index in [2.05, 4.69) is 10.3 Å². The summed E-state index contributed by atoms with van der Waals surface area (Å²) >= 11 is 7.20.